The lowest BCUT2D eigenvalue weighted by Gasteiger charge is -2.58. The Hall–Kier alpha value is -1.87. The van der Waals surface area contributed by atoms with Crippen LogP contribution in [-0.4, -0.2) is 11.6 Å². The first-order valence-electron chi connectivity index (χ1n) is 11.1. The number of ketones is 2. The molecule has 3 heteroatoms. The van der Waals surface area contributed by atoms with Crippen molar-refractivity contribution in [2.75, 3.05) is 0 Å². The zero-order valence-corrected chi connectivity index (χ0v) is 19.4. The molecule has 0 amide bonds. The Labute approximate surface area is 184 Å². The highest BCUT2D eigenvalue weighted by atomic mass is 32.2. The molecule has 0 unspecified atom stereocenters. The van der Waals surface area contributed by atoms with Crippen LogP contribution < -0.4 is 0 Å². The van der Waals surface area contributed by atoms with Crippen LogP contribution in [0.5, 0.6) is 0 Å². The largest absolute Gasteiger partial charge is 0.290 e. The van der Waals surface area contributed by atoms with Crippen molar-refractivity contribution >= 4 is 23.3 Å². The quantitative estimate of drug-likeness (QED) is 0.391. The summed E-state index contributed by atoms with van der Waals surface area (Å²) in [5.74, 6) is 1.06. The third kappa shape index (κ3) is 3.66. The fourth-order valence-corrected chi connectivity index (χ4v) is 6.91. The van der Waals surface area contributed by atoms with Gasteiger partial charge < -0.3 is 0 Å². The summed E-state index contributed by atoms with van der Waals surface area (Å²) in [7, 11) is 0. The maximum atomic E-state index is 13.0. The summed E-state index contributed by atoms with van der Waals surface area (Å²) in [4.78, 5) is 27.4. The maximum absolute atomic E-state index is 13.0. The first-order chi connectivity index (χ1) is 14.2. The van der Waals surface area contributed by atoms with Crippen LogP contribution in [0.4, 0.5) is 0 Å². The predicted molar refractivity (Wildman–Crippen MR) is 124 cm³/mol. The molecule has 2 nitrogen and oxygen atoms in total. The molecule has 1 saturated carbocycles. The Morgan fingerprint density at radius 1 is 1.03 bits per heavy atom. The van der Waals surface area contributed by atoms with Gasteiger partial charge in [0, 0.05) is 16.5 Å². The van der Waals surface area contributed by atoms with Gasteiger partial charge in [-0.15, -0.1) is 0 Å². The van der Waals surface area contributed by atoms with Gasteiger partial charge in [-0.1, -0.05) is 62.4 Å². The highest BCUT2D eigenvalue weighted by Gasteiger charge is 2.53. The van der Waals surface area contributed by atoms with Crippen LogP contribution >= 0.6 is 11.8 Å². The molecular formula is C27H32O2S. The van der Waals surface area contributed by atoms with Gasteiger partial charge in [0.05, 0.1) is 4.91 Å². The zero-order valence-electron chi connectivity index (χ0n) is 18.5. The molecule has 30 heavy (non-hydrogen) atoms. The molecule has 0 spiro atoms. The SMILES string of the molecule is CC1=CCC[C@H]2[C@](C)(CC3=CC(=O)C(Sc4ccccc4)=CC3=O)[C@@H](C)CC[C@]12C. The molecular weight excluding hydrogens is 388 g/mol. The topological polar surface area (TPSA) is 34.1 Å². The Kier molecular flexibility index (Phi) is 5.69. The molecule has 0 N–H and O–H groups in total. The molecule has 3 aliphatic rings. The van der Waals surface area contributed by atoms with Crippen LogP contribution in [0, 0.1) is 22.7 Å². The van der Waals surface area contributed by atoms with Crippen molar-refractivity contribution in [3.05, 3.63) is 64.6 Å². The summed E-state index contributed by atoms with van der Waals surface area (Å²) in [6, 6.07) is 9.77. The Balaban J connectivity index is 1.58. The van der Waals surface area contributed by atoms with E-state index < -0.39 is 0 Å². The molecule has 0 aliphatic heterocycles. The fourth-order valence-electron chi connectivity index (χ4n) is 6.04. The number of benzene rings is 1. The molecule has 4 atom stereocenters. The van der Waals surface area contributed by atoms with Crippen LogP contribution in [0.3, 0.4) is 0 Å². The van der Waals surface area contributed by atoms with Crippen molar-refractivity contribution in [3.8, 4) is 0 Å². The van der Waals surface area contributed by atoms with Gasteiger partial charge in [0.2, 0.25) is 0 Å². The van der Waals surface area contributed by atoms with Gasteiger partial charge in [-0.2, -0.15) is 0 Å². The minimum Gasteiger partial charge on any atom is -0.290 e. The summed E-state index contributed by atoms with van der Waals surface area (Å²) in [5.41, 5.74) is 2.45. The normalized spacial score (nSPS) is 34.1. The molecule has 0 heterocycles. The Morgan fingerprint density at radius 2 is 1.77 bits per heavy atom. The smallest absolute Gasteiger partial charge is 0.193 e. The van der Waals surface area contributed by atoms with E-state index in [4.69, 9.17) is 0 Å². The summed E-state index contributed by atoms with van der Waals surface area (Å²) < 4.78 is 0. The number of hydrogen-bond acceptors (Lipinski definition) is 3. The average Bonchev–Trinajstić information content (AvgIpc) is 2.72. The number of thioether (sulfide) groups is 1. The molecule has 4 rings (SSSR count). The number of carbonyl (C=O) groups is 2. The summed E-state index contributed by atoms with van der Waals surface area (Å²) in [6.45, 7) is 9.42. The number of carbonyl (C=O) groups excluding carboxylic acids is 2. The van der Waals surface area contributed by atoms with Gasteiger partial charge in [0.25, 0.3) is 0 Å². The van der Waals surface area contributed by atoms with Crippen LogP contribution in [-0.2, 0) is 9.59 Å². The van der Waals surface area contributed by atoms with Crippen molar-refractivity contribution in [2.24, 2.45) is 22.7 Å². The molecule has 1 fully saturated rings. The average molecular weight is 421 g/mol. The maximum Gasteiger partial charge on any atom is 0.193 e. The summed E-state index contributed by atoms with van der Waals surface area (Å²) in [5, 5.41) is 0. The molecule has 0 aromatic heterocycles. The van der Waals surface area contributed by atoms with E-state index in [1.165, 1.54) is 36.6 Å². The van der Waals surface area contributed by atoms with Crippen molar-refractivity contribution in [2.45, 2.75) is 64.7 Å². The van der Waals surface area contributed by atoms with Gasteiger partial charge in [-0.05, 0) is 79.9 Å². The van der Waals surface area contributed by atoms with Gasteiger partial charge in [-0.3, -0.25) is 9.59 Å². The Morgan fingerprint density at radius 3 is 2.50 bits per heavy atom. The zero-order chi connectivity index (χ0) is 21.5. The van der Waals surface area contributed by atoms with E-state index in [0.717, 1.165) is 11.3 Å². The predicted octanol–water partition coefficient (Wildman–Crippen LogP) is 6.93. The molecule has 0 bridgehead atoms. The van der Waals surface area contributed by atoms with E-state index >= 15 is 0 Å². The van der Waals surface area contributed by atoms with Gasteiger partial charge in [0.15, 0.2) is 11.6 Å². The van der Waals surface area contributed by atoms with E-state index in [-0.39, 0.29) is 22.4 Å². The van der Waals surface area contributed by atoms with E-state index in [9.17, 15) is 9.59 Å². The lowest BCUT2D eigenvalue weighted by Crippen LogP contribution is -2.50. The third-order valence-electron chi connectivity index (χ3n) is 8.26. The second-order valence-electron chi connectivity index (χ2n) is 9.88. The highest BCUT2D eigenvalue weighted by Crippen LogP contribution is 2.62. The standard InChI is InChI=1S/C27H32O2S/c1-18-9-8-12-25-26(18,3)14-13-19(2)27(25,4)17-20-15-23(29)24(16-22(20)28)30-21-10-6-5-7-11-21/h5-7,9-11,15-16,19,25H,8,12-14,17H2,1-4H3/t19-,25+,26+,27+/m0/s1. The van der Waals surface area contributed by atoms with Crippen LogP contribution in [0.1, 0.15) is 59.8 Å². The summed E-state index contributed by atoms with van der Waals surface area (Å²) in [6.07, 6.45) is 11.0. The second kappa shape index (κ2) is 8.00. The molecule has 3 aliphatic carbocycles. The van der Waals surface area contributed by atoms with E-state index in [2.05, 4.69) is 33.8 Å². The number of rotatable bonds is 4. The first kappa shape index (κ1) is 21.4. The number of allylic oxidation sites excluding steroid dienone is 6. The van der Waals surface area contributed by atoms with Gasteiger partial charge in [0.1, 0.15) is 0 Å². The fraction of sp³-hybridized carbons (Fsp3) is 0.481. The van der Waals surface area contributed by atoms with Crippen molar-refractivity contribution in [1.29, 1.82) is 0 Å². The molecule has 158 valence electrons. The van der Waals surface area contributed by atoms with Crippen molar-refractivity contribution in [3.63, 3.8) is 0 Å². The monoisotopic (exact) mass is 420 g/mol. The number of hydrogen-bond donors (Lipinski definition) is 0. The lowest BCUT2D eigenvalue weighted by molar-refractivity contribution is -0.115. The third-order valence-corrected chi connectivity index (χ3v) is 9.31. The molecule has 0 radical (unpaired) electrons. The number of fused-ring (bicyclic) bond motifs is 1. The second-order valence-corrected chi connectivity index (χ2v) is 11.0. The Bertz CT molecular complexity index is 954. The molecule has 1 aromatic carbocycles. The lowest BCUT2D eigenvalue weighted by atomic mass is 9.46. The summed E-state index contributed by atoms with van der Waals surface area (Å²) >= 11 is 1.38. The van der Waals surface area contributed by atoms with Gasteiger partial charge >= 0.3 is 0 Å². The van der Waals surface area contributed by atoms with Crippen molar-refractivity contribution < 1.29 is 9.59 Å². The molecule has 1 aromatic rings. The molecule has 0 saturated heterocycles. The van der Waals surface area contributed by atoms with E-state index in [0.29, 0.717) is 28.7 Å². The minimum atomic E-state index is -0.0343. The van der Waals surface area contributed by atoms with E-state index in [1.54, 1.807) is 12.2 Å². The van der Waals surface area contributed by atoms with Crippen LogP contribution in [0.15, 0.2) is 69.5 Å². The van der Waals surface area contributed by atoms with Gasteiger partial charge in [-0.25, -0.2) is 0 Å². The first-order valence-corrected chi connectivity index (χ1v) is 12.0. The highest BCUT2D eigenvalue weighted by molar-refractivity contribution is 8.04. The minimum absolute atomic E-state index is 0.0109. The van der Waals surface area contributed by atoms with Crippen LogP contribution in [0.2, 0.25) is 0 Å². The van der Waals surface area contributed by atoms with Crippen LogP contribution in [0.25, 0.3) is 0 Å². The van der Waals surface area contributed by atoms with E-state index in [1.807, 2.05) is 30.3 Å². The van der Waals surface area contributed by atoms with Crippen molar-refractivity contribution in [1.82, 2.24) is 0 Å².